The second-order valence-electron chi connectivity index (χ2n) is 12.2. The maximum absolute atomic E-state index is 13.2. The molecule has 0 aliphatic heterocycles. The summed E-state index contributed by atoms with van der Waals surface area (Å²) in [5.41, 5.74) is 12.0. The van der Waals surface area contributed by atoms with Crippen LogP contribution in [0.3, 0.4) is 0 Å². The van der Waals surface area contributed by atoms with E-state index in [0.29, 0.717) is 31.4 Å². The van der Waals surface area contributed by atoms with E-state index in [1.807, 2.05) is 0 Å². The van der Waals surface area contributed by atoms with Gasteiger partial charge in [0, 0.05) is 6.42 Å². The topological polar surface area (TPSA) is 292 Å². The number of nitrogens with two attached hydrogens (primary N) is 2. The van der Waals surface area contributed by atoms with E-state index in [2.05, 4.69) is 26.6 Å². The molecule has 0 saturated carbocycles. The van der Waals surface area contributed by atoms with E-state index >= 15 is 0 Å². The lowest BCUT2D eigenvalue weighted by Gasteiger charge is -2.25. The van der Waals surface area contributed by atoms with E-state index in [4.69, 9.17) is 11.5 Å². The van der Waals surface area contributed by atoms with Gasteiger partial charge in [-0.15, -0.1) is 0 Å². The fourth-order valence-electron chi connectivity index (χ4n) is 4.54. The lowest BCUT2D eigenvalue weighted by molar-refractivity contribution is -0.143. The quantitative estimate of drug-likeness (QED) is 0.0635. The summed E-state index contributed by atoms with van der Waals surface area (Å²) in [4.78, 5) is 88.3. The van der Waals surface area contributed by atoms with Crippen molar-refractivity contribution in [3.8, 4) is 5.75 Å². The number of hydrogen-bond acceptors (Lipinski definition) is 10. The minimum atomic E-state index is -1.64. The molecule has 17 nitrogen and oxygen atoms in total. The van der Waals surface area contributed by atoms with Crippen LogP contribution in [0.5, 0.6) is 5.75 Å². The van der Waals surface area contributed by atoms with E-state index in [9.17, 15) is 48.9 Å². The van der Waals surface area contributed by atoms with Crippen molar-refractivity contribution < 1.29 is 48.9 Å². The highest BCUT2D eigenvalue weighted by Gasteiger charge is 2.32. The van der Waals surface area contributed by atoms with Crippen molar-refractivity contribution in [3.63, 3.8) is 0 Å². The molecule has 1 aromatic carbocycles. The molecule has 49 heavy (non-hydrogen) atoms. The summed E-state index contributed by atoms with van der Waals surface area (Å²) < 4.78 is 0. The third-order valence-electron chi connectivity index (χ3n) is 7.84. The summed E-state index contributed by atoms with van der Waals surface area (Å²) in [5.74, 6) is -7.58. The second-order valence-corrected chi connectivity index (χ2v) is 12.2. The molecule has 274 valence electrons. The lowest BCUT2D eigenvalue weighted by atomic mass is 9.98. The van der Waals surface area contributed by atoms with E-state index < -0.39 is 90.6 Å². The van der Waals surface area contributed by atoms with Gasteiger partial charge < -0.3 is 53.4 Å². The Morgan fingerprint density at radius 1 is 0.776 bits per heavy atom. The Balaban J connectivity index is 3.08. The molecule has 0 radical (unpaired) electrons. The van der Waals surface area contributed by atoms with Crippen LogP contribution in [0.4, 0.5) is 0 Å². The van der Waals surface area contributed by atoms with Crippen LogP contribution in [0, 0.1) is 11.8 Å². The van der Waals surface area contributed by atoms with Crippen molar-refractivity contribution >= 4 is 41.5 Å². The zero-order valence-electron chi connectivity index (χ0n) is 28.4. The number of phenols is 1. The number of carboxylic acids is 2. The van der Waals surface area contributed by atoms with E-state index in [1.165, 1.54) is 24.3 Å². The molecule has 0 aromatic heterocycles. The minimum Gasteiger partial charge on any atom is -0.508 e. The van der Waals surface area contributed by atoms with Crippen molar-refractivity contribution in [3.05, 3.63) is 29.8 Å². The van der Waals surface area contributed by atoms with E-state index in [0.717, 1.165) is 0 Å². The second kappa shape index (κ2) is 21.3. The number of unbranched alkanes of at least 4 members (excludes halogenated alkanes) is 1. The molecule has 0 fully saturated rings. The van der Waals surface area contributed by atoms with Crippen LogP contribution in [-0.2, 0) is 40.0 Å². The maximum Gasteiger partial charge on any atom is 0.326 e. The number of aliphatic carboxylic acids is 2. The van der Waals surface area contributed by atoms with Crippen LogP contribution in [0.1, 0.15) is 65.4 Å². The summed E-state index contributed by atoms with van der Waals surface area (Å²) in [5, 5.41) is 40.6. The third kappa shape index (κ3) is 15.3. The summed E-state index contributed by atoms with van der Waals surface area (Å²) in [6.07, 6.45) is 0.585. The van der Waals surface area contributed by atoms with Crippen molar-refractivity contribution in [1.29, 1.82) is 0 Å². The Morgan fingerprint density at radius 3 is 1.90 bits per heavy atom. The van der Waals surface area contributed by atoms with Gasteiger partial charge in [0.2, 0.25) is 29.5 Å². The van der Waals surface area contributed by atoms with Gasteiger partial charge in [0.25, 0.3) is 0 Å². The molecule has 0 aliphatic rings. The summed E-state index contributed by atoms with van der Waals surface area (Å²) in [6, 6.07) is -0.514. The average Bonchev–Trinajstić information content (AvgIpc) is 3.04. The monoisotopic (exact) mass is 693 g/mol. The van der Waals surface area contributed by atoms with Gasteiger partial charge in [-0.3, -0.25) is 28.8 Å². The van der Waals surface area contributed by atoms with Gasteiger partial charge in [0.05, 0.1) is 19.0 Å². The van der Waals surface area contributed by atoms with E-state index in [1.54, 1.807) is 27.7 Å². The molecule has 0 saturated heterocycles. The van der Waals surface area contributed by atoms with Gasteiger partial charge in [-0.1, -0.05) is 46.2 Å². The van der Waals surface area contributed by atoms with Crippen molar-refractivity contribution in [2.45, 2.75) is 96.4 Å². The third-order valence-corrected chi connectivity index (χ3v) is 7.84. The standard InChI is InChI=1S/C32H51N7O10/c1-5-18(4)27(32(48)49)39-30(46)22(14-19-9-11-20(40)12-10-19)36-24(41)16-35-28(44)23(15-25(42)43)38-29(45)21(8-6-7-13-33)37-31(47)26(34)17(2)3/h9-12,17-18,21-23,26-27,40H,5-8,13-16,33-34H2,1-4H3,(H,35,44)(H,36,41)(H,37,47)(H,38,45)(H,39,46)(H,42,43)(H,48,49)/t18-,21-,22-,23-,26-,27-/m0/s1. The molecular weight excluding hydrogens is 642 g/mol. The molecule has 0 aliphatic carbocycles. The number of carboxylic acid groups (broad SMARTS) is 2. The molecule has 5 amide bonds. The average molecular weight is 694 g/mol. The van der Waals surface area contributed by atoms with Crippen LogP contribution in [0.25, 0.3) is 0 Å². The zero-order valence-corrected chi connectivity index (χ0v) is 28.4. The van der Waals surface area contributed by atoms with Crippen LogP contribution in [0.2, 0.25) is 0 Å². The molecule has 1 rings (SSSR count). The Labute approximate surface area is 285 Å². The highest BCUT2D eigenvalue weighted by molar-refractivity contribution is 5.96. The number of amides is 5. The molecule has 1 aromatic rings. The van der Waals surface area contributed by atoms with Crippen LogP contribution in [0.15, 0.2) is 24.3 Å². The van der Waals surface area contributed by atoms with E-state index in [-0.39, 0.29) is 24.5 Å². The molecule has 17 heteroatoms. The van der Waals surface area contributed by atoms with Gasteiger partial charge >= 0.3 is 11.9 Å². The van der Waals surface area contributed by atoms with Crippen LogP contribution in [-0.4, -0.2) is 100 Å². The first-order valence-electron chi connectivity index (χ1n) is 16.2. The van der Waals surface area contributed by atoms with Gasteiger partial charge in [-0.25, -0.2) is 4.79 Å². The lowest BCUT2D eigenvalue weighted by Crippen LogP contribution is -2.58. The first-order chi connectivity index (χ1) is 23.0. The fourth-order valence-corrected chi connectivity index (χ4v) is 4.54. The van der Waals surface area contributed by atoms with Gasteiger partial charge in [0.15, 0.2) is 0 Å². The highest BCUT2D eigenvalue weighted by Crippen LogP contribution is 2.13. The number of aromatic hydroxyl groups is 1. The molecule has 0 unspecified atom stereocenters. The number of benzene rings is 1. The number of hydrogen-bond donors (Lipinski definition) is 10. The predicted octanol–water partition coefficient (Wildman–Crippen LogP) is -1.29. The largest absolute Gasteiger partial charge is 0.508 e. The zero-order chi connectivity index (χ0) is 37.3. The number of rotatable bonds is 22. The van der Waals surface area contributed by atoms with Gasteiger partial charge in [-0.05, 0) is 55.3 Å². The number of phenolic OH excluding ortho intramolecular Hbond substituents is 1. The van der Waals surface area contributed by atoms with Gasteiger partial charge in [0.1, 0.15) is 29.9 Å². The maximum atomic E-state index is 13.2. The number of nitrogens with one attached hydrogen (secondary N) is 5. The molecule has 0 bridgehead atoms. The van der Waals surface area contributed by atoms with Crippen LogP contribution >= 0.6 is 0 Å². The van der Waals surface area contributed by atoms with Crippen molar-refractivity contribution in [2.24, 2.45) is 23.3 Å². The van der Waals surface area contributed by atoms with Crippen LogP contribution < -0.4 is 38.1 Å². The number of carbonyl (C=O) groups excluding carboxylic acids is 5. The minimum absolute atomic E-state index is 0.0365. The first kappa shape index (κ1) is 42.3. The van der Waals surface area contributed by atoms with Gasteiger partial charge in [-0.2, -0.15) is 0 Å². The Hall–Kier alpha value is -4.77. The predicted molar refractivity (Wildman–Crippen MR) is 178 cm³/mol. The molecular formula is C32H51N7O10. The van der Waals surface area contributed by atoms with Crippen molar-refractivity contribution in [2.75, 3.05) is 13.1 Å². The number of carbonyl (C=O) groups is 7. The Kier molecular flexibility index (Phi) is 18.3. The molecule has 6 atom stereocenters. The first-order valence-corrected chi connectivity index (χ1v) is 16.2. The summed E-state index contributed by atoms with van der Waals surface area (Å²) >= 11 is 0. The Morgan fingerprint density at radius 2 is 1.37 bits per heavy atom. The highest BCUT2D eigenvalue weighted by atomic mass is 16.4. The SMILES string of the molecule is CC[C@H](C)[C@H](NC(=O)[C@H](Cc1ccc(O)cc1)NC(=O)CNC(=O)[C@H](CC(=O)O)NC(=O)[C@H](CCCCN)NC(=O)[C@@H](N)C(C)C)C(=O)O. The Bertz CT molecular complexity index is 1290. The fraction of sp³-hybridized carbons (Fsp3) is 0.594. The molecule has 0 spiro atoms. The summed E-state index contributed by atoms with van der Waals surface area (Å²) in [7, 11) is 0. The molecule has 0 heterocycles. The summed E-state index contributed by atoms with van der Waals surface area (Å²) in [6.45, 7) is 6.43. The smallest absolute Gasteiger partial charge is 0.326 e. The normalized spacial score (nSPS) is 14.7. The van der Waals surface area contributed by atoms with Crippen molar-refractivity contribution in [1.82, 2.24) is 26.6 Å². The molecule has 12 N–H and O–H groups in total.